The van der Waals surface area contributed by atoms with Crippen LogP contribution in [0.1, 0.15) is 5.69 Å². The number of rotatable bonds is 4. The summed E-state index contributed by atoms with van der Waals surface area (Å²) in [6, 6.07) is 11.4. The monoisotopic (exact) mass is 381 g/mol. The van der Waals surface area contributed by atoms with Crippen LogP contribution >= 0.6 is 11.6 Å². The van der Waals surface area contributed by atoms with E-state index in [0.29, 0.717) is 11.4 Å². The molecule has 1 aromatic carbocycles. The molecule has 0 saturated carbocycles. The van der Waals surface area contributed by atoms with Gasteiger partial charge in [0.15, 0.2) is 0 Å². The van der Waals surface area contributed by atoms with Crippen LogP contribution in [-0.2, 0) is 11.2 Å². The number of carbonyl (C=O) groups is 1. The fourth-order valence-corrected chi connectivity index (χ4v) is 3.40. The predicted octanol–water partition coefficient (Wildman–Crippen LogP) is 2.56. The van der Waals surface area contributed by atoms with Gasteiger partial charge >= 0.3 is 0 Å². The third-order valence-corrected chi connectivity index (χ3v) is 4.91. The summed E-state index contributed by atoms with van der Waals surface area (Å²) in [4.78, 5) is 23.4. The first-order valence-corrected chi connectivity index (χ1v) is 9.31. The number of piperazine rings is 1. The third-order valence-electron chi connectivity index (χ3n) is 4.66. The second kappa shape index (κ2) is 7.90. The molecule has 0 unspecified atom stereocenters. The Morgan fingerprint density at radius 2 is 1.78 bits per heavy atom. The van der Waals surface area contributed by atoms with Crippen LogP contribution in [0, 0.1) is 0 Å². The minimum Gasteiger partial charge on any atom is -0.340 e. The van der Waals surface area contributed by atoms with Gasteiger partial charge in [-0.25, -0.2) is 4.98 Å². The van der Waals surface area contributed by atoms with Gasteiger partial charge in [-0.05, 0) is 36.4 Å². The average molecular weight is 382 g/mol. The summed E-state index contributed by atoms with van der Waals surface area (Å²) in [5.41, 5.74) is 2.72. The number of hydrogen-bond acceptors (Lipinski definition) is 4. The van der Waals surface area contributed by atoms with Crippen molar-refractivity contribution in [2.45, 2.75) is 6.42 Å². The maximum Gasteiger partial charge on any atom is 0.228 e. The molecule has 6 nitrogen and oxygen atoms in total. The van der Waals surface area contributed by atoms with E-state index >= 15 is 0 Å². The highest BCUT2D eigenvalue weighted by atomic mass is 35.5. The summed E-state index contributed by atoms with van der Waals surface area (Å²) < 4.78 is 2.02. The van der Waals surface area contributed by atoms with Gasteiger partial charge in [-0.1, -0.05) is 11.6 Å². The molecular weight excluding hydrogens is 362 g/mol. The first-order chi connectivity index (χ1) is 13.2. The second-order valence-electron chi connectivity index (χ2n) is 6.43. The Kier molecular flexibility index (Phi) is 5.18. The van der Waals surface area contributed by atoms with Gasteiger partial charge in [0.1, 0.15) is 5.82 Å². The summed E-state index contributed by atoms with van der Waals surface area (Å²) in [5, 5.41) is 3.95. The quantitative estimate of drug-likeness (QED) is 0.754. The lowest BCUT2D eigenvalue weighted by Crippen LogP contribution is -2.47. The SMILES string of the molecule is O=C(Cc1cnc(-c2ccc(Cl)cc2)n1-c1ccncc1)N1CCNCC1. The molecule has 0 aliphatic carbocycles. The summed E-state index contributed by atoms with van der Waals surface area (Å²) in [7, 11) is 0. The summed E-state index contributed by atoms with van der Waals surface area (Å²) in [6.45, 7) is 3.16. The highest BCUT2D eigenvalue weighted by Crippen LogP contribution is 2.26. The van der Waals surface area contributed by atoms with Gasteiger partial charge in [-0.2, -0.15) is 0 Å². The Bertz CT molecular complexity index is 917. The van der Waals surface area contributed by atoms with Gasteiger partial charge in [0.05, 0.1) is 17.8 Å². The molecule has 4 rings (SSSR count). The molecule has 1 fully saturated rings. The molecule has 7 heteroatoms. The minimum atomic E-state index is 0.120. The maximum absolute atomic E-state index is 12.8. The third kappa shape index (κ3) is 3.86. The van der Waals surface area contributed by atoms with Gasteiger partial charge in [0.25, 0.3) is 0 Å². The van der Waals surface area contributed by atoms with E-state index < -0.39 is 0 Å². The van der Waals surface area contributed by atoms with Crippen molar-refractivity contribution in [2.24, 2.45) is 0 Å². The molecule has 138 valence electrons. The van der Waals surface area contributed by atoms with E-state index in [0.717, 1.165) is 48.9 Å². The topological polar surface area (TPSA) is 63.1 Å². The first kappa shape index (κ1) is 17.7. The van der Waals surface area contributed by atoms with Gasteiger partial charge in [0.2, 0.25) is 5.91 Å². The zero-order valence-electron chi connectivity index (χ0n) is 14.8. The molecule has 1 N–H and O–H groups in total. The van der Waals surface area contributed by atoms with E-state index in [1.54, 1.807) is 18.6 Å². The Morgan fingerprint density at radius 3 is 2.48 bits per heavy atom. The van der Waals surface area contributed by atoms with Crippen molar-refractivity contribution in [3.05, 3.63) is 65.7 Å². The van der Waals surface area contributed by atoms with Crippen LogP contribution in [0.4, 0.5) is 0 Å². The van der Waals surface area contributed by atoms with E-state index in [1.807, 2.05) is 45.9 Å². The van der Waals surface area contributed by atoms with Crippen LogP contribution in [0.15, 0.2) is 55.0 Å². The van der Waals surface area contributed by atoms with Crippen molar-refractivity contribution >= 4 is 17.5 Å². The van der Waals surface area contributed by atoms with Crippen LogP contribution < -0.4 is 5.32 Å². The van der Waals surface area contributed by atoms with Crippen molar-refractivity contribution in [1.82, 2.24) is 24.8 Å². The smallest absolute Gasteiger partial charge is 0.228 e. The molecule has 1 aliphatic rings. The molecule has 1 saturated heterocycles. The summed E-state index contributed by atoms with van der Waals surface area (Å²) >= 11 is 6.03. The molecule has 0 radical (unpaired) electrons. The average Bonchev–Trinajstić information content (AvgIpc) is 3.13. The van der Waals surface area contributed by atoms with Gasteiger partial charge in [0, 0.05) is 55.4 Å². The van der Waals surface area contributed by atoms with E-state index in [-0.39, 0.29) is 5.91 Å². The van der Waals surface area contributed by atoms with E-state index in [2.05, 4.69) is 15.3 Å². The zero-order valence-corrected chi connectivity index (χ0v) is 15.6. The van der Waals surface area contributed by atoms with Crippen LogP contribution in [0.25, 0.3) is 17.1 Å². The van der Waals surface area contributed by atoms with Crippen LogP contribution in [0.2, 0.25) is 5.02 Å². The number of benzene rings is 1. The molecule has 0 spiro atoms. The van der Waals surface area contributed by atoms with Crippen LogP contribution in [-0.4, -0.2) is 51.5 Å². The van der Waals surface area contributed by atoms with E-state index in [1.165, 1.54) is 0 Å². The number of nitrogens with one attached hydrogen (secondary N) is 1. The number of hydrogen-bond donors (Lipinski definition) is 1. The Morgan fingerprint density at radius 1 is 1.07 bits per heavy atom. The Labute approximate surface area is 162 Å². The molecular formula is C20H20ClN5O. The normalized spacial score (nSPS) is 14.3. The molecule has 3 heterocycles. The highest BCUT2D eigenvalue weighted by molar-refractivity contribution is 6.30. The molecule has 0 bridgehead atoms. The van der Waals surface area contributed by atoms with Crippen molar-refractivity contribution in [1.29, 1.82) is 0 Å². The van der Waals surface area contributed by atoms with Crippen molar-refractivity contribution < 1.29 is 4.79 Å². The molecule has 27 heavy (non-hydrogen) atoms. The molecule has 0 atom stereocenters. The number of amides is 1. The lowest BCUT2D eigenvalue weighted by atomic mass is 10.2. The van der Waals surface area contributed by atoms with Crippen molar-refractivity contribution in [3.63, 3.8) is 0 Å². The summed E-state index contributed by atoms with van der Waals surface area (Å²) in [5.74, 6) is 0.898. The first-order valence-electron chi connectivity index (χ1n) is 8.94. The molecule has 2 aromatic heterocycles. The van der Waals surface area contributed by atoms with Crippen molar-refractivity contribution in [2.75, 3.05) is 26.2 Å². The number of pyridine rings is 1. The fraction of sp³-hybridized carbons (Fsp3) is 0.250. The maximum atomic E-state index is 12.8. The van der Waals surface area contributed by atoms with Crippen LogP contribution in [0.3, 0.4) is 0 Å². The zero-order chi connectivity index (χ0) is 18.6. The van der Waals surface area contributed by atoms with Gasteiger partial charge < -0.3 is 10.2 Å². The van der Waals surface area contributed by atoms with Crippen LogP contribution in [0.5, 0.6) is 0 Å². The lowest BCUT2D eigenvalue weighted by Gasteiger charge is -2.27. The number of aromatic nitrogens is 3. The Balaban J connectivity index is 1.71. The highest BCUT2D eigenvalue weighted by Gasteiger charge is 2.21. The fourth-order valence-electron chi connectivity index (χ4n) is 3.28. The summed E-state index contributed by atoms with van der Waals surface area (Å²) in [6.07, 6.45) is 5.57. The minimum absolute atomic E-state index is 0.120. The van der Waals surface area contributed by atoms with Crippen molar-refractivity contribution in [3.8, 4) is 17.1 Å². The Hall–Kier alpha value is -2.70. The number of halogens is 1. The second-order valence-corrected chi connectivity index (χ2v) is 6.86. The molecule has 1 amide bonds. The van der Waals surface area contributed by atoms with E-state index in [4.69, 9.17) is 11.6 Å². The van der Waals surface area contributed by atoms with E-state index in [9.17, 15) is 4.79 Å². The number of imidazole rings is 1. The van der Waals surface area contributed by atoms with Gasteiger partial charge in [-0.15, -0.1) is 0 Å². The molecule has 1 aliphatic heterocycles. The standard InChI is InChI=1S/C20H20ClN5O/c21-16-3-1-15(2-4-16)20-24-14-18(26(20)17-5-7-22-8-6-17)13-19(27)25-11-9-23-10-12-25/h1-8,14,23H,9-13H2. The largest absolute Gasteiger partial charge is 0.340 e. The lowest BCUT2D eigenvalue weighted by molar-refractivity contribution is -0.131. The number of carbonyl (C=O) groups excluding carboxylic acids is 1. The molecule has 3 aromatic rings. The van der Waals surface area contributed by atoms with Gasteiger partial charge in [-0.3, -0.25) is 14.3 Å². The number of nitrogens with zero attached hydrogens (tertiary/aromatic N) is 4. The predicted molar refractivity (Wildman–Crippen MR) is 105 cm³/mol.